The quantitative estimate of drug-likeness (QED) is 0.500. The zero-order chi connectivity index (χ0) is 21.0. The van der Waals surface area contributed by atoms with E-state index < -0.39 is 35.0 Å². The van der Waals surface area contributed by atoms with Gasteiger partial charge in [0.05, 0.1) is 18.4 Å². The van der Waals surface area contributed by atoms with Crippen LogP contribution in [0.15, 0.2) is 43.0 Å². The Balaban J connectivity index is 1.66. The van der Waals surface area contributed by atoms with Crippen LogP contribution in [0.3, 0.4) is 0 Å². The summed E-state index contributed by atoms with van der Waals surface area (Å²) in [6.07, 6.45) is -0.770. The fourth-order valence-corrected chi connectivity index (χ4v) is 2.41. The Morgan fingerprint density at radius 1 is 0.966 bits per heavy atom. The van der Waals surface area contributed by atoms with Crippen LogP contribution in [0.25, 0.3) is 0 Å². The van der Waals surface area contributed by atoms with Crippen molar-refractivity contribution in [1.82, 2.24) is 15.0 Å². The van der Waals surface area contributed by atoms with Crippen LogP contribution in [0.4, 0.5) is 22.0 Å². The van der Waals surface area contributed by atoms with Crippen molar-refractivity contribution < 1.29 is 31.4 Å². The largest absolute Gasteiger partial charge is 0.476 e. The van der Waals surface area contributed by atoms with E-state index in [2.05, 4.69) is 15.0 Å². The third kappa shape index (κ3) is 5.29. The third-order valence-electron chi connectivity index (χ3n) is 3.59. The Kier molecular flexibility index (Phi) is 6.12. The lowest BCUT2D eigenvalue weighted by Gasteiger charge is -2.11. The molecule has 0 aliphatic heterocycles. The van der Waals surface area contributed by atoms with E-state index in [0.29, 0.717) is 17.7 Å². The molecule has 3 rings (SSSR count). The second-order valence-corrected chi connectivity index (χ2v) is 6.05. The molecule has 0 saturated carbocycles. The van der Waals surface area contributed by atoms with Gasteiger partial charge in [-0.15, -0.1) is 0 Å². The van der Waals surface area contributed by atoms with E-state index >= 15 is 0 Å². The molecule has 152 valence electrons. The molecule has 0 aliphatic rings. The van der Waals surface area contributed by atoms with E-state index in [-0.39, 0.29) is 23.9 Å². The van der Waals surface area contributed by atoms with Gasteiger partial charge in [-0.25, -0.2) is 23.7 Å². The van der Waals surface area contributed by atoms with E-state index in [0.717, 1.165) is 12.1 Å². The highest BCUT2D eigenvalue weighted by molar-refractivity contribution is 6.31. The van der Waals surface area contributed by atoms with Gasteiger partial charge < -0.3 is 9.47 Å². The third-order valence-corrected chi connectivity index (χ3v) is 3.84. The first-order chi connectivity index (χ1) is 13.7. The van der Waals surface area contributed by atoms with Gasteiger partial charge in [-0.2, -0.15) is 13.2 Å². The summed E-state index contributed by atoms with van der Waals surface area (Å²) in [5, 5.41) is 0.220. The molecule has 0 radical (unpaired) electrons. The zero-order valence-electron chi connectivity index (χ0n) is 14.4. The van der Waals surface area contributed by atoms with E-state index in [4.69, 9.17) is 21.1 Å². The van der Waals surface area contributed by atoms with Crippen molar-refractivity contribution in [2.24, 2.45) is 0 Å². The van der Waals surface area contributed by atoms with Crippen LogP contribution < -0.4 is 9.47 Å². The summed E-state index contributed by atoms with van der Waals surface area (Å²) >= 11 is 5.85. The number of nitrogens with zero attached hydrogens (tertiary/aromatic N) is 3. The van der Waals surface area contributed by atoms with Gasteiger partial charge in [0, 0.05) is 12.6 Å². The molecule has 29 heavy (non-hydrogen) atoms. The summed E-state index contributed by atoms with van der Waals surface area (Å²) in [5.74, 6) is -3.14. The van der Waals surface area contributed by atoms with Crippen LogP contribution in [0.1, 0.15) is 11.1 Å². The summed E-state index contributed by atoms with van der Waals surface area (Å²) in [7, 11) is 0. The van der Waals surface area contributed by atoms with Crippen LogP contribution in [0, 0.1) is 11.6 Å². The van der Waals surface area contributed by atoms with Crippen molar-refractivity contribution in [2.45, 2.75) is 12.6 Å². The number of pyridine rings is 1. The number of alkyl halides is 3. The summed E-state index contributed by atoms with van der Waals surface area (Å²) in [6.45, 7) is 0.116. The lowest BCUT2D eigenvalue weighted by atomic mass is 10.2. The van der Waals surface area contributed by atoms with Gasteiger partial charge in [0.2, 0.25) is 5.88 Å². The Bertz CT molecular complexity index is 1020. The molecule has 5 nitrogen and oxygen atoms in total. The van der Waals surface area contributed by atoms with Crippen LogP contribution in [0.2, 0.25) is 5.02 Å². The molecule has 11 heteroatoms. The van der Waals surface area contributed by atoms with Gasteiger partial charge >= 0.3 is 6.18 Å². The van der Waals surface area contributed by atoms with Crippen molar-refractivity contribution in [1.29, 1.82) is 0 Å². The first-order valence-corrected chi connectivity index (χ1v) is 8.39. The first kappa shape index (κ1) is 20.7. The van der Waals surface area contributed by atoms with Gasteiger partial charge in [0.15, 0.2) is 5.82 Å². The second kappa shape index (κ2) is 8.56. The molecule has 0 spiro atoms. The van der Waals surface area contributed by atoms with Gasteiger partial charge in [-0.05, 0) is 29.8 Å². The number of aromatic nitrogens is 3. The van der Waals surface area contributed by atoms with Crippen LogP contribution >= 0.6 is 11.6 Å². The molecule has 1 aromatic carbocycles. The summed E-state index contributed by atoms with van der Waals surface area (Å²) < 4.78 is 76.1. The Labute approximate surface area is 166 Å². The number of hydrogen-bond donors (Lipinski definition) is 0. The summed E-state index contributed by atoms with van der Waals surface area (Å²) in [6, 6.07) is 3.06. The minimum atomic E-state index is -4.91. The molecule has 0 unspecified atom stereocenters. The minimum absolute atomic E-state index is 0.116. The van der Waals surface area contributed by atoms with Crippen molar-refractivity contribution in [3.8, 4) is 17.5 Å². The molecular formula is C18H11ClF5N3O2. The lowest BCUT2D eigenvalue weighted by molar-refractivity contribution is -0.140. The van der Waals surface area contributed by atoms with Crippen molar-refractivity contribution >= 4 is 11.6 Å². The van der Waals surface area contributed by atoms with Crippen molar-refractivity contribution in [2.75, 3.05) is 6.61 Å². The topological polar surface area (TPSA) is 57.1 Å². The fourth-order valence-electron chi connectivity index (χ4n) is 2.25. The molecule has 3 aromatic rings. The predicted octanol–water partition coefficient (Wildman–Crippen LogP) is 5.24. The molecule has 0 saturated heterocycles. The Hall–Kier alpha value is -3.01. The monoisotopic (exact) mass is 431 g/mol. The maximum Gasteiger partial charge on any atom is 0.419 e. The lowest BCUT2D eigenvalue weighted by Crippen LogP contribution is -2.08. The number of halogens is 6. The average Bonchev–Trinajstić information content (AvgIpc) is 2.66. The summed E-state index contributed by atoms with van der Waals surface area (Å²) in [5.41, 5.74) is -1.08. The average molecular weight is 432 g/mol. The van der Waals surface area contributed by atoms with Crippen LogP contribution in [-0.2, 0) is 12.6 Å². The molecule has 0 atom stereocenters. The smallest absolute Gasteiger partial charge is 0.419 e. The number of ether oxygens (including phenoxy) is 2. The maximum absolute atomic E-state index is 14.2. The Morgan fingerprint density at radius 2 is 1.76 bits per heavy atom. The number of hydrogen-bond acceptors (Lipinski definition) is 5. The highest BCUT2D eigenvalue weighted by Crippen LogP contribution is 2.35. The van der Waals surface area contributed by atoms with Gasteiger partial charge in [-0.1, -0.05) is 11.6 Å². The fraction of sp³-hybridized carbons (Fsp3) is 0.167. The van der Waals surface area contributed by atoms with Crippen molar-refractivity contribution in [3.63, 3.8) is 0 Å². The highest BCUT2D eigenvalue weighted by Gasteiger charge is 2.34. The van der Waals surface area contributed by atoms with Gasteiger partial charge in [0.25, 0.3) is 5.88 Å². The molecule has 0 bridgehead atoms. The molecule has 0 amide bonds. The van der Waals surface area contributed by atoms with E-state index in [1.807, 2.05) is 0 Å². The van der Waals surface area contributed by atoms with Gasteiger partial charge in [0.1, 0.15) is 22.9 Å². The maximum atomic E-state index is 14.2. The minimum Gasteiger partial charge on any atom is -0.476 e. The first-order valence-electron chi connectivity index (χ1n) is 8.01. The van der Waals surface area contributed by atoms with E-state index in [1.165, 1.54) is 18.7 Å². The van der Waals surface area contributed by atoms with Gasteiger partial charge in [-0.3, -0.25) is 0 Å². The second-order valence-electron chi connectivity index (χ2n) is 5.65. The Morgan fingerprint density at radius 3 is 2.45 bits per heavy atom. The van der Waals surface area contributed by atoms with Crippen LogP contribution in [0.5, 0.6) is 17.5 Å². The van der Waals surface area contributed by atoms with E-state index in [1.54, 1.807) is 0 Å². The number of benzene rings is 1. The molecule has 0 aliphatic carbocycles. The molecule has 0 fully saturated rings. The highest BCUT2D eigenvalue weighted by atomic mass is 35.5. The van der Waals surface area contributed by atoms with E-state index in [9.17, 15) is 22.0 Å². The SMILES string of the molecule is Fc1ccc(Oc2ncc(CCOc3ncncc3Cl)cc2F)cc1C(F)(F)F. The molecule has 2 heterocycles. The summed E-state index contributed by atoms with van der Waals surface area (Å²) in [4.78, 5) is 11.3. The number of rotatable bonds is 6. The van der Waals surface area contributed by atoms with Crippen molar-refractivity contribution in [3.05, 3.63) is 70.8 Å². The standard InChI is InChI=1S/C18H11ClF5N3O2/c19-13-8-25-9-27-16(13)28-4-3-10-5-15(21)17(26-7-10)29-11-1-2-14(20)12(6-11)18(22,23)24/h1-2,5-9H,3-4H2. The van der Waals surface area contributed by atoms with Crippen LogP contribution in [-0.4, -0.2) is 21.6 Å². The predicted molar refractivity (Wildman–Crippen MR) is 91.9 cm³/mol. The molecule has 2 aromatic heterocycles. The molecular weight excluding hydrogens is 421 g/mol. The zero-order valence-corrected chi connectivity index (χ0v) is 15.1. The molecule has 0 N–H and O–H groups in total. The normalized spacial score (nSPS) is 11.4.